The minimum absolute atomic E-state index is 0.0290. The van der Waals surface area contributed by atoms with Crippen LogP contribution in [0.2, 0.25) is 10.0 Å². The van der Waals surface area contributed by atoms with E-state index in [4.69, 9.17) is 49.6 Å². The highest BCUT2D eigenvalue weighted by molar-refractivity contribution is 7.80. The largest absolute Gasteiger partial charge is 0.486 e. The standard InChI is InChI=1S/C30H27Cl2N5O7S/c1-3-42-29(39)26-17(2)34-30(45)35-27(26)21-6-4-5-7-24(21)43-16-25(38)36-33-14-19-12-22(31)28(23(32)13-19)44-15-18-8-10-20(11-9-18)37(40)41/h4-14,27H,3,15-16H2,1-2H3,(H,36,38)(H2,34,35,45)/t27-/m1/s1. The van der Waals surface area contributed by atoms with Gasteiger partial charge in [-0.15, -0.1) is 0 Å². The van der Waals surface area contributed by atoms with Crippen LogP contribution in [-0.2, 0) is 20.9 Å². The van der Waals surface area contributed by atoms with Crippen LogP contribution in [0.3, 0.4) is 0 Å². The molecule has 15 heteroatoms. The lowest BCUT2D eigenvalue weighted by Gasteiger charge is -2.30. The van der Waals surface area contributed by atoms with Crippen LogP contribution in [-0.4, -0.2) is 41.3 Å². The van der Waals surface area contributed by atoms with Crippen molar-refractivity contribution in [2.45, 2.75) is 26.5 Å². The van der Waals surface area contributed by atoms with E-state index < -0.39 is 22.8 Å². The molecule has 3 aromatic rings. The summed E-state index contributed by atoms with van der Waals surface area (Å²) in [5, 5.41) is 21.5. The second-order valence-corrected chi connectivity index (χ2v) is 10.7. The monoisotopic (exact) mass is 671 g/mol. The molecule has 234 valence electrons. The van der Waals surface area contributed by atoms with E-state index in [-0.39, 0.29) is 41.3 Å². The average Bonchev–Trinajstić information content (AvgIpc) is 2.99. The number of halogens is 2. The van der Waals surface area contributed by atoms with Gasteiger partial charge >= 0.3 is 5.97 Å². The summed E-state index contributed by atoms with van der Waals surface area (Å²) < 4.78 is 16.7. The third-order valence-corrected chi connectivity index (χ3v) is 7.09. The van der Waals surface area contributed by atoms with Crippen molar-refractivity contribution in [2.75, 3.05) is 13.2 Å². The molecule has 0 spiro atoms. The number of nitro benzene ring substituents is 1. The van der Waals surface area contributed by atoms with Gasteiger partial charge in [0, 0.05) is 23.4 Å². The normalized spacial score (nSPS) is 14.4. The summed E-state index contributed by atoms with van der Waals surface area (Å²) in [6.45, 7) is 3.35. The van der Waals surface area contributed by atoms with E-state index in [2.05, 4.69) is 21.2 Å². The number of para-hydroxylation sites is 1. The molecular weight excluding hydrogens is 645 g/mol. The Labute approximate surface area is 273 Å². The van der Waals surface area contributed by atoms with E-state index in [0.29, 0.717) is 38.8 Å². The van der Waals surface area contributed by atoms with Gasteiger partial charge in [-0.1, -0.05) is 41.4 Å². The molecule has 0 saturated heterocycles. The minimum Gasteiger partial charge on any atom is -0.486 e. The molecule has 0 radical (unpaired) electrons. The van der Waals surface area contributed by atoms with Crippen LogP contribution in [0.5, 0.6) is 11.5 Å². The molecule has 1 atom stereocenters. The number of hydrogen-bond acceptors (Lipinski definition) is 9. The summed E-state index contributed by atoms with van der Waals surface area (Å²) in [5.74, 6) is -0.470. The van der Waals surface area contributed by atoms with Gasteiger partial charge in [0.05, 0.1) is 39.4 Å². The zero-order chi connectivity index (χ0) is 32.5. The van der Waals surface area contributed by atoms with Crippen molar-refractivity contribution in [3.63, 3.8) is 0 Å². The lowest BCUT2D eigenvalue weighted by Crippen LogP contribution is -2.45. The van der Waals surface area contributed by atoms with E-state index in [1.807, 2.05) is 0 Å². The third-order valence-electron chi connectivity index (χ3n) is 6.31. The predicted molar refractivity (Wildman–Crippen MR) is 173 cm³/mol. The molecule has 1 heterocycles. The van der Waals surface area contributed by atoms with Crippen molar-refractivity contribution in [3.05, 3.63) is 109 Å². The number of ether oxygens (including phenoxy) is 3. The number of amides is 1. The van der Waals surface area contributed by atoms with Crippen LogP contribution in [0, 0.1) is 10.1 Å². The second kappa shape index (κ2) is 15.3. The number of hydrazone groups is 1. The molecular formula is C30H27Cl2N5O7S. The number of esters is 1. The molecule has 3 aromatic carbocycles. The lowest BCUT2D eigenvalue weighted by molar-refractivity contribution is -0.384. The third kappa shape index (κ3) is 8.69. The maximum absolute atomic E-state index is 12.7. The first kappa shape index (κ1) is 33.2. The first-order valence-electron chi connectivity index (χ1n) is 13.4. The fraction of sp³-hybridized carbons (Fsp3) is 0.200. The Hall–Kier alpha value is -4.72. The number of rotatable bonds is 12. The fourth-order valence-corrected chi connectivity index (χ4v) is 5.16. The number of non-ortho nitro benzene ring substituents is 1. The van der Waals surface area contributed by atoms with Crippen molar-refractivity contribution in [1.29, 1.82) is 0 Å². The van der Waals surface area contributed by atoms with Crippen LogP contribution in [0.4, 0.5) is 5.69 Å². The van der Waals surface area contributed by atoms with Crippen molar-refractivity contribution in [1.82, 2.24) is 16.1 Å². The first-order chi connectivity index (χ1) is 21.6. The minimum atomic E-state index is -0.661. The van der Waals surface area contributed by atoms with E-state index in [0.717, 1.165) is 0 Å². The van der Waals surface area contributed by atoms with Crippen LogP contribution in [0.15, 0.2) is 77.0 Å². The van der Waals surface area contributed by atoms with Crippen molar-refractivity contribution < 1.29 is 28.7 Å². The van der Waals surface area contributed by atoms with Gasteiger partial charge in [-0.25, -0.2) is 10.2 Å². The molecule has 12 nitrogen and oxygen atoms in total. The molecule has 0 saturated carbocycles. The predicted octanol–water partition coefficient (Wildman–Crippen LogP) is 5.37. The highest BCUT2D eigenvalue weighted by atomic mass is 35.5. The second-order valence-electron chi connectivity index (χ2n) is 9.44. The molecule has 1 aliphatic heterocycles. The van der Waals surface area contributed by atoms with Gasteiger partial charge in [0.2, 0.25) is 0 Å². The molecule has 1 amide bonds. The summed E-state index contributed by atoms with van der Waals surface area (Å²) in [6.07, 6.45) is 1.35. The first-order valence-corrected chi connectivity index (χ1v) is 14.6. The van der Waals surface area contributed by atoms with Gasteiger partial charge in [-0.3, -0.25) is 14.9 Å². The summed E-state index contributed by atoms with van der Waals surface area (Å²) in [6, 6.07) is 15.3. The van der Waals surface area contributed by atoms with E-state index in [1.54, 1.807) is 62.4 Å². The zero-order valence-corrected chi connectivity index (χ0v) is 26.3. The molecule has 45 heavy (non-hydrogen) atoms. The van der Waals surface area contributed by atoms with Crippen molar-refractivity contribution in [2.24, 2.45) is 5.10 Å². The molecule has 4 rings (SSSR count). The fourth-order valence-electron chi connectivity index (χ4n) is 4.27. The maximum atomic E-state index is 12.7. The number of carbonyl (C=O) groups excluding carboxylic acids is 2. The van der Waals surface area contributed by atoms with Crippen LogP contribution in [0.1, 0.15) is 36.6 Å². The molecule has 3 N–H and O–H groups in total. The number of allylic oxidation sites excluding steroid dienone is 1. The summed E-state index contributed by atoms with van der Waals surface area (Å²) in [7, 11) is 0. The van der Waals surface area contributed by atoms with Gasteiger partial charge in [0.15, 0.2) is 17.5 Å². The van der Waals surface area contributed by atoms with Crippen LogP contribution in [0.25, 0.3) is 0 Å². The van der Waals surface area contributed by atoms with Crippen LogP contribution < -0.4 is 25.5 Å². The molecule has 1 aliphatic rings. The average molecular weight is 673 g/mol. The number of carbonyl (C=O) groups is 2. The Morgan fingerprint density at radius 3 is 2.47 bits per heavy atom. The zero-order valence-electron chi connectivity index (χ0n) is 24.0. The van der Waals surface area contributed by atoms with Gasteiger partial charge in [0.1, 0.15) is 12.4 Å². The number of thiocarbonyl (C=S) groups is 1. The number of nitrogens with one attached hydrogen (secondary N) is 3. The molecule has 0 fully saturated rings. The quantitative estimate of drug-likeness (QED) is 0.0753. The van der Waals surface area contributed by atoms with Gasteiger partial charge in [0.25, 0.3) is 11.6 Å². The van der Waals surface area contributed by atoms with Crippen molar-refractivity contribution in [3.8, 4) is 11.5 Å². The topological polar surface area (TPSA) is 153 Å². The Bertz CT molecular complexity index is 1660. The number of nitro groups is 1. The lowest BCUT2D eigenvalue weighted by atomic mass is 9.95. The maximum Gasteiger partial charge on any atom is 0.338 e. The summed E-state index contributed by atoms with van der Waals surface area (Å²) in [5.41, 5.74) is 5.00. The Kier molecular flexibility index (Phi) is 11.3. The van der Waals surface area contributed by atoms with Crippen molar-refractivity contribution >= 4 is 64.3 Å². The molecule has 0 aromatic heterocycles. The number of benzene rings is 3. The smallest absolute Gasteiger partial charge is 0.338 e. The van der Waals surface area contributed by atoms with E-state index in [9.17, 15) is 19.7 Å². The van der Waals surface area contributed by atoms with E-state index in [1.165, 1.54) is 18.3 Å². The molecule has 0 unspecified atom stereocenters. The Morgan fingerprint density at radius 2 is 1.80 bits per heavy atom. The Balaban J connectivity index is 1.36. The van der Waals surface area contributed by atoms with E-state index >= 15 is 0 Å². The molecule has 0 aliphatic carbocycles. The number of hydrogen-bond donors (Lipinski definition) is 3. The summed E-state index contributed by atoms with van der Waals surface area (Å²) in [4.78, 5) is 35.6. The van der Waals surface area contributed by atoms with Gasteiger partial charge in [-0.2, -0.15) is 5.10 Å². The summed E-state index contributed by atoms with van der Waals surface area (Å²) >= 11 is 18.0. The highest BCUT2D eigenvalue weighted by Gasteiger charge is 2.32. The van der Waals surface area contributed by atoms with Crippen LogP contribution >= 0.6 is 35.4 Å². The van der Waals surface area contributed by atoms with Gasteiger partial charge < -0.3 is 24.8 Å². The molecule has 0 bridgehead atoms. The Morgan fingerprint density at radius 1 is 1.11 bits per heavy atom. The number of nitrogens with zero attached hydrogens (tertiary/aromatic N) is 2. The SMILES string of the molecule is CCOC(=O)C1=C(C)NC(=S)N[C@@H]1c1ccccc1OCC(=O)NN=Cc1cc(Cl)c(OCc2ccc([N+](=O)[O-])cc2)c(Cl)c1. The highest BCUT2D eigenvalue weighted by Crippen LogP contribution is 2.35. The van der Waals surface area contributed by atoms with Gasteiger partial charge in [-0.05, 0) is 67.5 Å².